The number of guanidine groups is 1. The van der Waals surface area contributed by atoms with E-state index in [9.17, 15) is 5.11 Å². The number of rotatable bonds is 8. The Morgan fingerprint density at radius 1 is 1.27 bits per heavy atom. The van der Waals surface area contributed by atoms with E-state index in [0.29, 0.717) is 30.7 Å². The van der Waals surface area contributed by atoms with E-state index in [1.165, 1.54) is 25.7 Å². The Labute approximate surface area is 158 Å². The number of aliphatic hydroxyl groups excluding tert-OH is 1. The minimum Gasteiger partial charge on any atom is -0.396 e. The Kier molecular flexibility index (Phi) is 6.81. The van der Waals surface area contributed by atoms with Gasteiger partial charge in [0.15, 0.2) is 5.96 Å². The normalized spacial score (nSPS) is 33.4. The quantitative estimate of drug-likeness (QED) is 0.452. The molecular formula is C20H37N3O3. The molecule has 1 aliphatic heterocycles. The topological polar surface area (TPSA) is 75.1 Å². The number of hydrogen-bond donors (Lipinski definition) is 3. The molecule has 0 aromatic rings. The van der Waals surface area contributed by atoms with Crippen LogP contribution in [-0.2, 0) is 9.47 Å². The van der Waals surface area contributed by atoms with Crippen LogP contribution in [0.1, 0.15) is 58.8 Å². The molecule has 1 heterocycles. The van der Waals surface area contributed by atoms with E-state index in [1.54, 1.807) is 0 Å². The minimum atomic E-state index is -0.00435. The van der Waals surface area contributed by atoms with E-state index < -0.39 is 0 Å². The van der Waals surface area contributed by atoms with Gasteiger partial charge >= 0.3 is 0 Å². The minimum absolute atomic E-state index is 0.00435. The summed E-state index contributed by atoms with van der Waals surface area (Å²) in [6.45, 7) is 8.24. The van der Waals surface area contributed by atoms with Crippen molar-refractivity contribution in [2.24, 2.45) is 15.8 Å². The second-order valence-electron chi connectivity index (χ2n) is 8.29. The van der Waals surface area contributed by atoms with Gasteiger partial charge in [0.05, 0.1) is 19.3 Å². The summed E-state index contributed by atoms with van der Waals surface area (Å²) in [7, 11) is 0. The third-order valence-electron chi connectivity index (χ3n) is 6.74. The summed E-state index contributed by atoms with van der Waals surface area (Å²) in [5, 5.41) is 16.6. The molecule has 2 saturated carbocycles. The van der Waals surface area contributed by atoms with Gasteiger partial charge in [0, 0.05) is 43.2 Å². The Balaban J connectivity index is 1.64. The average Bonchev–Trinajstić information content (AvgIpc) is 3.31. The highest BCUT2D eigenvalue weighted by atomic mass is 16.5. The first-order valence-electron chi connectivity index (χ1n) is 10.5. The molecule has 26 heavy (non-hydrogen) atoms. The highest BCUT2D eigenvalue weighted by Crippen LogP contribution is 2.54. The van der Waals surface area contributed by atoms with Crippen LogP contribution < -0.4 is 10.6 Å². The fourth-order valence-corrected chi connectivity index (χ4v) is 5.11. The van der Waals surface area contributed by atoms with Crippen molar-refractivity contribution >= 4 is 5.96 Å². The van der Waals surface area contributed by atoms with E-state index in [-0.39, 0.29) is 12.0 Å². The zero-order valence-electron chi connectivity index (χ0n) is 16.6. The number of hydrogen-bond acceptors (Lipinski definition) is 4. The van der Waals surface area contributed by atoms with Crippen LogP contribution in [0.25, 0.3) is 0 Å². The largest absolute Gasteiger partial charge is 0.396 e. The van der Waals surface area contributed by atoms with E-state index in [0.717, 1.165) is 45.0 Å². The third-order valence-corrected chi connectivity index (χ3v) is 6.74. The number of aliphatic imine (C=N–C) groups is 1. The lowest BCUT2D eigenvalue weighted by atomic mass is 9.60. The van der Waals surface area contributed by atoms with Crippen LogP contribution in [0.15, 0.2) is 4.99 Å². The second kappa shape index (κ2) is 8.89. The van der Waals surface area contributed by atoms with Crippen molar-refractivity contribution in [3.8, 4) is 0 Å². The van der Waals surface area contributed by atoms with Gasteiger partial charge in [0.1, 0.15) is 0 Å². The predicted molar refractivity (Wildman–Crippen MR) is 103 cm³/mol. The maximum atomic E-state index is 9.42. The molecule has 2 aliphatic carbocycles. The van der Waals surface area contributed by atoms with Gasteiger partial charge < -0.3 is 25.2 Å². The predicted octanol–water partition coefficient (Wildman–Crippen LogP) is 2.07. The lowest BCUT2D eigenvalue weighted by molar-refractivity contribution is -0.125. The lowest BCUT2D eigenvalue weighted by Gasteiger charge is -2.54. The third kappa shape index (κ3) is 4.02. The van der Waals surface area contributed by atoms with E-state index in [4.69, 9.17) is 14.5 Å². The fraction of sp³-hybridized carbons (Fsp3) is 0.950. The van der Waals surface area contributed by atoms with Crippen LogP contribution >= 0.6 is 0 Å². The molecule has 0 radical (unpaired) electrons. The first-order chi connectivity index (χ1) is 12.7. The molecule has 3 N–H and O–H groups in total. The highest BCUT2D eigenvalue weighted by Gasteiger charge is 2.57. The molecule has 0 amide bonds. The molecule has 3 fully saturated rings. The Morgan fingerprint density at radius 2 is 2.08 bits per heavy atom. The van der Waals surface area contributed by atoms with Crippen LogP contribution in [0, 0.1) is 10.8 Å². The van der Waals surface area contributed by atoms with Crippen LogP contribution in [-0.4, -0.2) is 62.7 Å². The van der Waals surface area contributed by atoms with Gasteiger partial charge in [0.25, 0.3) is 0 Å². The molecule has 0 bridgehead atoms. The van der Waals surface area contributed by atoms with Crippen LogP contribution in [0.2, 0.25) is 0 Å². The van der Waals surface area contributed by atoms with Crippen molar-refractivity contribution in [3.63, 3.8) is 0 Å². The van der Waals surface area contributed by atoms with Gasteiger partial charge in [-0.1, -0.05) is 12.8 Å². The smallest absolute Gasteiger partial charge is 0.191 e. The molecule has 3 atom stereocenters. The number of nitrogens with zero attached hydrogens (tertiary/aromatic N) is 1. The van der Waals surface area contributed by atoms with E-state index in [2.05, 4.69) is 24.5 Å². The summed E-state index contributed by atoms with van der Waals surface area (Å²) < 4.78 is 11.6. The Bertz CT molecular complexity index is 471. The summed E-state index contributed by atoms with van der Waals surface area (Å²) in [6.07, 6.45) is 8.36. The number of ether oxygens (including phenoxy) is 2. The van der Waals surface area contributed by atoms with Gasteiger partial charge in [-0.15, -0.1) is 0 Å². The number of aliphatic hydroxyl groups is 1. The molecule has 3 unspecified atom stereocenters. The molecule has 150 valence electrons. The summed E-state index contributed by atoms with van der Waals surface area (Å²) >= 11 is 0. The van der Waals surface area contributed by atoms with Crippen molar-refractivity contribution < 1.29 is 14.6 Å². The molecular weight excluding hydrogens is 330 g/mol. The maximum absolute atomic E-state index is 9.42. The van der Waals surface area contributed by atoms with Gasteiger partial charge in [-0.3, -0.25) is 4.99 Å². The monoisotopic (exact) mass is 367 g/mol. The molecule has 3 rings (SSSR count). The van der Waals surface area contributed by atoms with Crippen molar-refractivity contribution in [2.75, 3.05) is 39.5 Å². The SMILES string of the molecule is CCNC(=NCC1(CCO)CCOC1)NC1CC(OCC)C12CCCC2. The van der Waals surface area contributed by atoms with E-state index >= 15 is 0 Å². The molecule has 0 aromatic carbocycles. The standard InChI is InChI=1S/C20H37N3O3/c1-3-21-18(22-14-19(9-11-24)10-12-25-15-19)23-16-13-17(26-4-2)20(16)7-5-6-8-20/h16-17,24H,3-15H2,1-2H3,(H2,21,22,23). The van der Waals surface area contributed by atoms with Crippen LogP contribution in [0.5, 0.6) is 0 Å². The van der Waals surface area contributed by atoms with Crippen molar-refractivity contribution in [1.82, 2.24) is 10.6 Å². The molecule has 6 heteroatoms. The van der Waals surface area contributed by atoms with Crippen molar-refractivity contribution in [3.05, 3.63) is 0 Å². The summed E-state index contributed by atoms with van der Waals surface area (Å²) in [6, 6.07) is 0.452. The second-order valence-corrected chi connectivity index (χ2v) is 8.29. The number of nitrogens with one attached hydrogen (secondary N) is 2. The summed E-state index contributed by atoms with van der Waals surface area (Å²) in [5.74, 6) is 0.905. The molecule has 1 spiro atoms. The Morgan fingerprint density at radius 3 is 2.69 bits per heavy atom. The fourth-order valence-electron chi connectivity index (χ4n) is 5.11. The maximum Gasteiger partial charge on any atom is 0.191 e. The molecule has 1 saturated heterocycles. The molecule has 3 aliphatic rings. The summed E-state index contributed by atoms with van der Waals surface area (Å²) in [4.78, 5) is 4.90. The lowest BCUT2D eigenvalue weighted by Crippen LogP contribution is -2.65. The van der Waals surface area contributed by atoms with Crippen molar-refractivity contribution in [1.29, 1.82) is 0 Å². The molecule has 0 aromatic heterocycles. The molecule has 6 nitrogen and oxygen atoms in total. The average molecular weight is 368 g/mol. The Hall–Kier alpha value is -0.850. The first-order valence-corrected chi connectivity index (χ1v) is 10.5. The van der Waals surface area contributed by atoms with Crippen LogP contribution in [0.4, 0.5) is 0 Å². The zero-order valence-corrected chi connectivity index (χ0v) is 16.6. The van der Waals surface area contributed by atoms with Gasteiger partial charge in [-0.25, -0.2) is 0 Å². The first kappa shape index (κ1) is 19.9. The van der Waals surface area contributed by atoms with Gasteiger partial charge in [-0.05, 0) is 46.0 Å². The summed E-state index contributed by atoms with van der Waals surface area (Å²) in [5.41, 5.74) is 0.293. The van der Waals surface area contributed by atoms with Gasteiger partial charge in [0.2, 0.25) is 0 Å². The zero-order chi connectivity index (χ0) is 18.5. The highest BCUT2D eigenvalue weighted by molar-refractivity contribution is 5.80. The van der Waals surface area contributed by atoms with Crippen LogP contribution in [0.3, 0.4) is 0 Å². The van der Waals surface area contributed by atoms with E-state index in [1.807, 2.05) is 0 Å². The van der Waals surface area contributed by atoms with Crippen molar-refractivity contribution in [2.45, 2.75) is 70.9 Å². The van der Waals surface area contributed by atoms with Gasteiger partial charge in [-0.2, -0.15) is 0 Å².